The largest absolute Gasteiger partial charge is 0.352 e. The van der Waals surface area contributed by atoms with Crippen molar-refractivity contribution in [3.8, 4) is 0 Å². The maximum atomic E-state index is 12.9. The minimum absolute atomic E-state index is 0.0736. The molecule has 0 radical (unpaired) electrons. The van der Waals surface area contributed by atoms with Crippen LogP contribution in [-0.2, 0) is 19.6 Å². The number of nitrogens with one attached hydrogen (secondary N) is 2. The molecule has 2 amide bonds. The van der Waals surface area contributed by atoms with Crippen molar-refractivity contribution in [3.63, 3.8) is 0 Å². The van der Waals surface area contributed by atoms with E-state index in [9.17, 15) is 18.0 Å². The maximum Gasteiger partial charge on any atom is 0.243 e. The summed E-state index contributed by atoms with van der Waals surface area (Å²) in [5, 5.41) is 6.16. The highest BCUT2D eigenvalue weighted by Crippen LogP contribution is 2.25. The predicted molar refractivity (Wildman–Crippen MR) is 116 cm³/mol. The number of nitrogens with zero attached hydrogens (tertiary/aromatic N) is 1. The molecular weight excluding hydrogens is 426 g/mol. The second kappa shape index (κ2) is 10.6. The van der Waals surface area contributed by atoms with Crippen molar-refractivity contribution < 1.29 is 18.0 Å². The summed E-state index contributed by atoms with van der Waals surface area (Å²) in [5.74, 6) is -0.926. The molecule has 1 atom stereocenters. The molecule has 7 nitrogen and oxygen atoms in total. The standard InChI is InChI=1S/C21H30ClN3O4S/c22-17-9-11-19(12-10-17)30(28,29)25-13-5-6-16(15-25)21(27)23-14-20(26)24-18-7-3-1-2-4-8-18/h9-12,16,18H,1-8,13-15H2,(H,23,27)(H,24,26). The Hall–Kier alpha value is -1.64. The number of benzene rings is 1. The molecule has 1 aliphatic heterocycles. The van der Waals surface area contributed by atoms with Gasteiger partial charge in [-0.1, -0.05) is 37.3 Å². The van der Waals surface area contributed by atoms with Crippen molar-refractivity contribution in [1.82, 2.24) is 14.9 Å². The number of carbonyl (C=O) groups is 2. The zero-order valence-corrected chi connectivity index (χ0v) is 18.7. The van der Waals surface area contributed by atoms with E-state index in [-0.39, 0.29) is 35.8 Å². The molecule has 1 aromatic rings. The average Bonchev–Trinajstić information content (AvgIpc) is 3.01. The second-order valence-corrected chi connectivity index (χ2v) is 10.5. The van der Waals surface area contributed by atoms with Crippen LogP contribution >= 0.6 is 11.6 Å². The van der Waals surface area contributed by atoms with Gasteiger partial charge in [-0.15, -0.1) is 0 Å². The topological polar surface area (TPSA) is 95.6 Å². The molecule has 1 saturated carbocycles. The molecule has 3 rings (SSSR count). The van der Waals surface area contributed by atoms with Gasteiger partial charge in [0.1, 0.15) is 0 Å². The molecule has 1 unspecified atom stereocenters. The molecule has 166 valence electrons. The van der Waals surface area contributed by atoms with E-state index < -0.39 is 15.9 Å². The van der Waals surface area contributed by atoms with Crippen molar-refractivity contribution in [3.05, 3.63) is 29.3 Å². The van der Waals surface area contributed by atoms with Gasteiger partial charge in [0, 0.05) is 24.2 Å². The monoisotopic (exact) mass is 455 g/mol. The molecule has 0 bridgehead atoms. The Bertz CT molecular complexity index is 836. The minimum Gasteiger partial charge on any atom is -0.352 e. The fourth-order valence-electron chi connectivity index (χ4n) is 4.14. The van der Waals surface area contributed by atoms with Crippen LogP contribution < -0.4 is 10.6 Å². The van der Waals surface area contributed by atoms with Crippen LogP contribution in [0.4, 0.5) is 0 Å². The Morgan fingerprint density at radius 2 is 1.67 bits per heavy atom. The predicted octanol–water partition coefficient (Wildman–Crippen LogP) is 2.70. The van der Waals surface area contributed by atoms with Gasteiger partial charge in [-0.25, -0.2) is 8.42 Å². The van der Waals surface area contributed by atoms with E-state index >= 15 is 0 Å². The summed E-state index contributed by atoms with van der Waals surface area (Å²) in [6, 6.07) is 6.20. The molecule has 1 aromatic carbocycles. The van der Waals surface area contributed by atoms with E-state index in [0.717, 1.165) is 25.7 Å². The molecule has 1 aliphatic carbocycles. The van der Waals surface area contributed by atoms with Crippen LogP contribution in [0.2, 0.25) is 5.02 Å². The van der Waals surface area contributed by atoms with E-state index in [1.54, 1.807) is 0 Å². The summed E-state index contributed by atoms with van der Waals surface area (Å²) < 4.78 is 27.1. The molecule has 0 spiro atoms. The van der Waals surface area contributed by atoms with E-state index in [0.29, 0.717) is 24.4 Å². The van der Waals surface area contributed by atoms with Crippen molar-refractivity contribution >= 4 is 33.4 Å². The lowest BCUT2D eigenvalue weighted by atomic mass is 9.99. The van der Waals surface area contributed by atoms with Gasteiger partial charge in [-0.2, -0.15) is 4.31 Å². The Kier molecular flexibility index (Phi) is 8.13. The van der Waals surface area contributed by atoms with E-state index in [2.05, 4.69) is 10.6 Å². The van der Waals surface area contributed by atoms with Gasteiger partial charge in [0.15, 0.2) is 0 Å². The first kappa shape index (κ1) is 23.0. The van der Waals surface area contributed by atoms with Crippen molar-refractivity contribution in [2.45, 2.75) is 62.3 Å². The number of halogens is 1. The normalized spacial score (nSPS) is 21.6. The summed E-state index contributed by atoms with van der Waals surface area (Å²) in [6.45, 7) is 0.410. The molecule has 2 aliphatic rings. The van der Waals surface area contributed by atoms with Crippen molar-refractivity contribution in [2.75, 3.05) is 19.6 Å². The third-order valence-electron chi connectivity index (χ3n) is 5.85. The summed E-state index contributed by atoms with van der Waals surface area (Å²) in [4.78, 5) is 24.9. The molecule has 2 fully saturated rings. The molecule has 1 heterocycles. The van der Waals surface area contributed by atoms with Gasteiger partial charge >= 0.3 is 0 Å². The Morgan fingerprint density at radius 3 is 2.33 bits per heavy atom. The quantitative estimate of drug-likeness (QED) is 0.644. The van der Waals surface area contributed by atoms with Crippen molar-refractivity contribution in [2.24, 2.45) is 5.92 Å². The molecule has 2 N–H and O–H groups in total. The summed E-state index contributed by atoms with van der Waals surface area (Å²) in [6.07, 6.45) is 7.83. The van der Waals surface area contributed by atoms with Gasteiger partial charge in [0.25, 0.3) is 0 Å². The van der Waals surface area contributed by atoms with Gasteiger partial charge in [-0.05, 0) is 49.9 Å². The lowest BCUT2D eigenvalue weighted by Gasteiger charge is -2.31. The lowest BCUT2D eigenvalue weighted by molar-refractivity contribution is -0.129. The smallest absolute Gasteiger partial charge is 0.243 e. The van der Waals surface area contributed by atoms with Crippen LogP contribution in [0.1, 0.15) is 51.4 Å². The Labute approximate surface area is 183 Å². The number of hydrogen-bond donors (Lipinski definition) is 2. The average molecular weight is 456 g/mol. The number of rotatable bonds is 6. The van der Waals surface area contributed by atoms with Crippen LogP contribution in [0.15, 0.2) is 29.2 Å². The molecule has 1 saturated heterocycles. The van der Waals surface area contributed by atoms with Gasteiger partial charge in [0.2, 0.25) is 21.8 Å². The van der Waals surface area contributed by atoms with Crippen LogP contribution in [0, 0.1) is 5.92 Å². The van der Waals surface area contributed by atoms with Crippen LogP contribution in [0.25, 0.3) is 0 Å². The third kappa shape index (κ3) is 6.18. The fraction of sp³-hybridized carbons (Fsp3) is 0.619. The highest BCUT2D eigenvalue weighted by molar-refractivity contribution is 7.89. The van der Waals surface area contributed by atoms with Crippen LogP contribution in [0.3, 0.4) is 0 Å². The highest BCUT2D eigenvalue weighted by Gasteiger charge is 2.33. The van der Waals surface area contributed by atoms with E-state index in [4.69, 9.17) is 11.6 Å². The number of piperidine rings is 1. The minimum atomic E-state index is -3.68. The Morgan fingerprint density at radius 1 is 1.00 bits per heavy atom. The zero-order valence-electron chi connectivity index (χ0n) is 17.1. The van der Waals surface area contributed by atoms with Crippen LogP contribution in [-0.4, -0.2) is 50.2 Å². The maximum absolute atomic E-state index is 12.9. The molecular formula is C21H30ClN3O4S. The van der Waals surface area contributed by atoms with Gasteiger partial charge in [-0.3, -0.25) is 9.59 Å². The number of amides is 2. The van der Waals surface area contributed by atoms with Gasteiger partial charge in [0.05, 0.1) is 17.4 Å². The first-order valence-electron chi connectivity index (χ1n) is 10.7. The van der Waals surface area contributed by atoms with E-state index in [1.165, 1.54) is 41.4 Å². The summed E-state index contributed by atoms with van der Waals surface area (Å²) in [7, 11) is -3.68. The fourth-order valence-corrected chi connectivity index (χ4v) is 5.79. The highest BCUT2D eigenvalue weighted by atomic mass is 35.5. The molecule has 30 heavy (non-hydrogen) atoms. The lowest BCUT2D eigenvalue weighted by Crippen LogP contribution is -2.48. The molecule has 9 heteroatoms. The van der Waals surface area contributed by atoms with Crippen LogP contribution in [0.5, 0.6) is 0 Å². The van der Waals surface area contributed by atoms with E-state index in [1.807, 2.05) is 0 Å². The second-order valence-electron chi connectivity index (χ2n) is 8.13. The number of sulfonamides is 1. The first-order chi connectivity index (χ1) is 14.4. The number of carbonyl (C=O) groups excluding carboxylic acids is 2. The Balaban J connectivity index is 1.51. The van der Waals surface area contributed by atoms with Crippen molar-refractivity contribution in [1.29, 1.82) is 0 Å². The summed E-state index contributed by atoms with van der Waals surface area (Å²) >= 11 is 5.85. The SMILES string of the molecule is O=C(CNC(=O)C1CCCN(S(=O)(=O)c2ccc(Cl)cc2)C1)NC1CCCCCC1. The van der Waals surface area contributed by atoms with Gasteiger partial charge < -0.3 is 10.6 Å². The number of hydrogen-bond acceptors (Lipinski definition) is 4. The first-order valence-corrected chi connectivity index (χ1v) is 12.5. The molecule has 0 aromatic heterocycles. The summed E-state index contributed by atoms with van der Waals surface area (Å²) in [5.41, 5.74) is 0. The third-order valence-corrected chi connectivity index (χ3v) is 7.98. The zero-order chi connectivity index (χ0) is 21.6.